The van der Waals surface area contributed by atoms with Crippen LogP contribution >= 0.6 is 0 Å². The van der Waals surface area contributed by atoms with Crippen molar-refractivity contribution in [3.63, 3.8) is 0 Å². The third kappa shape index (κ3) is 8.81. The monoisotopic (exact) mass is 546 g/mol. The number of amides is 4. The van der Waals surface area contributed by atoms with E-state index in [1.54, 1.807) is 44.3 Å². The van der Waals surface area contributed by atoms with E-state index in [9.17, 15) is 39.0 Å². The second-order valence-corrected chi connectivity index (χ2v) is 9.27. The van der Waals surface area contributed by atoms with Crippen molar-refractivity contribution in [1.29, 1.82) is 0 Å². The lowest BCUT2D eigenvalue weighted by Crippen LogP contribution is -2.59. The molecule has 1 aromatic carbocycles. The topological polar surface area (TPSA) is 247 Å². The van der Waals surface area contributed by atoms with Gasteiger partial charge in [-0.3, -0.25) is 24.0 Å². The highest BCUT2D eigenvalue weighted by molar-refractivity contribution is 5.96. The van der Waals surface area contributed by atoms with Crippen molar-refractivity contribution in [2.45, 2.75) is 63.7 Å². The zero-order valence-corrected chi connectivity index (χ0v) is 21.6. The molecule has 0 aliphatic rings. The minimum Gasteiger partial charge on any atom is -0.481 e. The molecule has 5 unspecified atom stereocenters. The molecule has 0 aliphatic carbocycles. The predicted molar refractivity (Wildman–Crippen MR) is 139 cm³/mol. The quantitative estimate of drug-likeness (QED) is 0.136. The van der Waals surface area contributed by atoms with Crippen LogP contribution in [0.2, 0.25) is 0 Å². The molecule has 14 heteroatoms. The highest BCUT2D eigenvalue weighted by Gasteiger charge is 2.33. The van der Waals surface area contributed by atoms with Crippen LogP contribution in [-0.4, -0.2) is 74.9 Å². The zero-order chi connectivity index (χ0) is 29.3. The van der Waals surface area contributed by atoms with Gasteiger partial charge >= 0.3 is 11.9 Å². The summed E-state index contributed by atoms with van der Waals surface area (Å²) in [6.45, 7) is 3.38. The number of carbonyl (C=O) groups excluding carboxylic acids is 4. The number of hydrogen-bond acceptors (Lipinski definition) is 7. The number of carboxylic acids is 2. The fourth-order valence-electron chi connectivity index (χ4n) is 3.91. The van der Waals surface area contributed by atoms with Crippen LogP contribution in [-0.2, 0) is 35.2 Å². The SMILES string of the molecule is CCC(C)C(NC(=O)C(N)CC(N)=O)C(=O)NC(CC(=O)O)C(=O)NC(Cc1c[nH]c2ccccc12)C(=O)O. The summed E-state index contributed by atoms with van der Waals surface area (Å²) >= 11 is 0. The minimum atomic E-state index is -1.65. The van der Waals surface area contributed by atoms with E-state index in [2.05, 4.69) is 20.9 Å². The third-order valence-corrected chi connectivity index (χ3v) is 6.28. The molecule has 0 saturated heterocycles. The number of rotatable bonds is 15. The molecule has 0 saturated carbocycles. The van der Waals surface area contributed by atoms with Crippen molar-refractivity contribution in [3.05, 3.63) is 36.0 Å². The van der Waals surface area contributed by atoms with Crippen molar-refractivity contribution in [3.8, 4) is 0 Å². The van der Waals surface area contributed by atoms with Gasteiger partial charge in [0.1, 0.15) is 18.1 Å². The van der Waals surface area contributed by atoms with E-state index in [-0.39, 0.29) is 6.42 Å². The van der Waals surface area contributed by atoms with Crippen molar-refractivity contribution in [2.75, 3.05) is 0 Å². The highest BCUT2D eigenvalue weighted by atomic mass is 16.4. The number of nitrogens with two attached hydrogens (primary N) is 2. The van der Waals surface area contributed by atoms with Gasteiger partial charge in [0.15, 0.2) is 0 Å². The minimum absolute atomic E-state index is 0.109. The summed E-state index contributed by atoms with van der Waals surface area (Å²) in [7, 11) is 0. The number of primary amides is 1. The van der Waals surface area contributed by atoms with Crippen LogP contribution in [0, 0.1) is 5.92 Å². The number of aromatic amines is 1. The number of carbonyl (C=O) groups is 6. The number of hydrogen-bond donors (Lipinski definition) is 8. The first-order chi connectivity index (χ1) is 18.3. The molecule has 1 aromatic heterocycles. The molecule has 14 nitrogen and oxygen atoms in total. The number of nitrogens with one attached hydrogen (secondary N) is 4. The van der Waals surface area contributed by atoms with Gasteiger partial charge in [0.05, 0.1) is 18.9 Å². The van der Waals surface area contributed by atoms with Crippen LogP contribution in [0.3, 0.4) is 0 Å². The van der Waals surface area contributed by atoms with Gasteiger partial charge in [-0.15, -0.1) is 0 Å². The van der Waals surface area contributed by atoms with Crippen LogP contribution in [0.1, 0.15) is 38.7 Å². The fraction of sp³-hybridized carbons (Fsp3) is 0.440. The van der Waals surface area contributed by atoms with Crippen LogP contribution in [0.5, 0.6) is 0 Å². The van der Waals surface area contributed by atoms with Crippen LogP contribution in [0.25, 0.3) is 10.9 Å². The van der Waals surface area contributed by atoms with E-state index in [1.165, 1.54) is 0 Å². The largest absolute Gasteiger partial charge is 0.481 e. The van der Waals surface area contributed by atoms with E-state index < -0.39 is 78.5 Å². The zero-order valence-electron chi connectivity index (χ0n) is 21.6. The maximum absolute atomic E-state index is 13.1. The standard InChI is InChI=1S/C25H34N6O8/c1-3-12(2)21(31-22(35)15(26)9-19(27)32)24(37)29-17(10-20(33)34)23(36)30-18(25(38)39)8-13-11-28-16-7-5-4-6-14(13)16/h4-7,11-12,15,17-18,21,28H,3,8-10,26H2,1-2H3,(H2,27,32)(H,29,37)(H,30,36)(H,31,35)(H,33,34)(H,38,39). The Morgan fingerprint density at radius 2 is 1.56 bits per heavy atom. The molecule has 0 spiro atoms. The summed E-state index contributed by atoms with van der Waals surface area (Å²) in [5.41, 5.74) is 12.1. The van der Waals surface area contributed by atoms with Crippen molar-refractivity contribution in [1.82, 2.24) is 20.9 Å². The van der Waals surface area contributed by atoms with E-state index >= 15 is 0 Å². The lowest BCUT2D eigenvalue weighted by Gasteiger charge is -2.27. The van der Waals surface area contributed by atoms with Gasteiger partial charge in [-0.05, 0) is 17.5 Å². The second kappa shape index (κ2) is 13.9. The average molecular weight is 547 g/mol. The molecule has 4 amide bonds. The third-order valence-electron chi connectivity index (χ3n) is 6.28. The molecule has 5 atom stereocenters. The number of aromatic nitrogens is 1. The lowest BCUT2D eigenvalue weighted by molar-refractivity contribution is -0.143. The summed E-state index contributed by atoms with van der Waals surface area (Å²) < 4.78 is 0. The summed E-state index contributed by atoms with van der Waals surface area (Å²) in [4.78, 5) is 76.0. The predicted octanol–water partition coefficient (Wildman–Crippen LogP) is -1.03. The Labute approximate surface area is 223 Å². The Kier molecular flexibility index (Phi) is 11.0. The first-order valence-electron chi connectivity index (χ1n) is 12.3. The Balaban J connectivity index is 2.20. The van der Waals surface area contributed by atoms with Crippen molar-refractivity contribution >= 4 is 46.5 Å². The molecule has 2 aromatic rings. The molecule has 10 N–H and O–H groups in total. The summed E-state index contributed by atoms with van der Waals surface area (Å²) in [5.74, 6) is -6.82. The number of carboxylic acid groups (broad SMARTS) is 2. The number of benzene rings is 1. The van der Waals surface area contributed by atoms with Gasteiger partial charge in [0, 0.05) is 23.5 Å². The van der Waals surface area contributed by atoms with Crippen molar-refractivity contribution < 1.29 is 39.0 Å². The Hall–Kier alpha value is -4.46. The molecule has 39 heavy (non-hydrogen) atoms. The first kappa shape index (κ1) is 30.8. The molecule has 2 rings (SSSR count). The molecule has 0 aliphatic heterocycles. The summed E-state index contributed by atoms with van der Waals surface area (Å²) in [6.07, 6.45) is 0.607. The molecule has 1 heterocycles. The smallest absolute Gasteiger partial charge is 0.326 e. The maximum Gasteiger partial charge on any atom is 0.326 e. The van der Waals surface area contributed by atoms with Gasteiger partial charge in [0.25, 0.3) is 0 Å². The van der Waals surface area contributed by atoms with Gasteiger partial charge in [0.2, 0.25) is 23.6 Å². The van der Waals surface area contributed by atoms with Gasteiger partial charge < -0.3 is 42.6 Å². The highest BCUT2D eigenvalue weighted by Crippen LogP contribution is 2.19. The van der Waals surface area contributed by atoms with Gasteiger partial charge in [-0.25, -0.2) is 4.79 Å². The van der Waals surface area contributed by atoms with Crippen molar-refractivity contribution in [2.24, 2.45) is 17.4 Å². The van der Waals surface area contributed by atoms with E-state index in [1.807, 2.05) is 0 Å². The van der Waals surface area contributed by atoms with Crippen LogP contribution in [0.15, 0.2) is 30.5 Å². The van der Waals surface area contributed by atoms with E-state index in [4.69, 9.17) is 11.5 Å². The molecular weight excluding hydrogens is 512 g/mol. The van der Waals surface area contributed by atoms with Gasteiger partial charge in [-0.1, -0.05) is 38.5 Å². The Morgan fingerprint density at radius 1 is 0.923 bits per heavy atom. The fourth-order valence-corrected chi connectivity index (χ4v) is 3.91. The lowest BCUT2D eigenvalue weighted by atomic mass is 9.97. The first-order valence-corrected chi connectivity index (χ1v) is 12.3. The Bertz CT molecular complexity index is 1230. The van der Waals surface area contributed by atoms with Gasteiger partial charge in [-0.2, -0.15) is 0 Å². The summed E-state index contributed by atoms with van der Waals surface area (Å²) in [5, 5.41) is 26.8. The number of H-pyrrole nitrogens is 1. The second-order valence-electron chi connectivity index (χ2n) is 9.27. The Morgan fingerprint density at radius 3 is 2.15 bits per heavy atom. The van der Waals surface area contributed by atoms with Crippen LogP contribution in [0.4, 0.5) is 0 Å². The number of aliphatic carboxylic acids is 2. The van der Waals surface area contributed by atoms with E-state index in [0.29, 0.717) is 12.0 Å². The number of fused-ring (bicyclic) bond motifs is 1. The normalized spacial score (nSPS) is 14.8. The van der Waals surface area contributed by atoms with Crippen LogP contribution < -0.4 is 27.4 Å². The summed E-state index contributed by atoms with van der Waals surface area (Å²) in [6, 6.07) is 1.54. The molecule has 212 valence electrons. The maximum atomic E-state index is 13.1. The molecule has 0 bridgehead atoms. The number of para-hydroxylation sites is 1. The molecule has 0 fully saturated rings. The molecule has 0 radical (unpaired) electrons. The van der Waals surface area contributed by atoms with E-state index in [0.717, 1.165) is 10.9 Å². The average Bonchev–Trinajstić information content (AvgIpc) is 3.27. The molecular formula is C25H34N6O8.